The van der Waals surface area contributed by atoms with Crippen LogP contribution in [0, 0.1) is 0 Å². The highest BCUT2D eigenvalue weighted by Crippen LogP contribution is 2.17. The topological polar surface area (TPSA) is 79.3 Å². The predicted molar refractivity (Wildman–Crippen MR) is 97.4 cm³/mol. The van der Waals surface area contributed by atoms with Crippen molar-refractivity contribution in [3.8, 4) is 5.75 Å². The van der Waals surface area contributed by atoms with E-state index >= 15 is 0 Å². The quantitative estimate of drug-likeness (QED) is 0.748. The maximum Gasteiger partial charge on any atom is 0.317 e. The number of carboxylic acid groups (broad SMARTS) is 1. The van der Waals surface area contributed by atoms with Crippen LogP contribution < -0.4 is 4.74 Å². The fourth-order valence-electron chi connectivity index (χ4n) is 2.99. The molecule has 0 unspecified atom stereocenters. The standard InChI is InChI=1S/C19H28N2O5/c1-14(2)26-16-6-4-5-15(9-16)10-18(22)21-7-8-25-17(12-21)11-20(3)13-19(23)24/h4-6,9,14,17H,7-8,10-13H2,1-3H3,(H,23,24)/t17-/m1/s1. The predicted octanol–water partition coefficient (Wildman–Crippen LogP) is 1.26. The van der Waals surface area contributed by atoms with Crippen LogP contribution in [0.5, 0.6) is 5.75 Å². The van der Waals surface area contributed by atoms with E-state index in [1.165, 1.54) is 0 Å². The highest BCUT2D eigenvalue weighted by molar-refractivity contribution is 5.79. The Hall–Kier alpha value is -2.12. The molecule has 1 fully saturated rings. The van der Waals surface area contributed by atoms with Gasteiger partial charge in [-0.25, -0.2) is 0 Å². The highest BCUT2D eigenvalue weighted by Gasteiger charge is 2.25. The Labute approximate surface area is 154 Å². The Morgan fingerprint density at radius 1 is 1.42 bits per heavy atom. The van der Waals surface area contributed by atoms with Gasteiger partial charge >= 0.3 is 5.97 Å². The van der Waals surface area contributed by atoms with E-state index < -0.39 is 5.97 Å². The van der Waals surface area contributed by atoms with Crippen LogP contribution in [-0.4, -0.2) is 78.8 Å². The van der Waals surface area contributed by atoms with E-state index in [-0.39, 0.29) is 24.7 Å². The molecule has 0 saturated carbocycles. The third kappa shape index (κ3) is 6.65. The Kier molecular flexibility index (Phi) is 7.41. The number of hydrogen-bond donors (Lipinski definition) is 1. The summed E-state index contributed by atoms with van der Waals surface area (Å²) in [4.78, 5) is 26.9. The van der Waals surface area contributed by atoms with Gasteiger partial charge in [0.1, 0.15) is 5.75 Å². The van der Waals surface area contributed by atoms with Gasteiger partial charge in [-0.2, -0.15) is 0 Å². The number of ether oxygens (including phenoxy) is 2. The first-order valence-electron chi connectivity index (χ1n) is 8.89. The lowest BCUT2D eigenvalue weighted by Crippen LogP contribution is -2.50. The number of aliphatic carboxylic acids is 1. The summed E-state index contributed by atoms with van der Waals surface area (Å²) in [6.45, 7) is 5.86. The Morgan fingerprint density at radius 2 is 2.19 bits per heavy atom. The van der Waals surface area contributed by atoms with Crippen LogP contribution >= 0.6 is 0 Å². The molecule has 1 amide bonds. The minimum atomic E-state index is -0.875. The molecular formula is C19H28N2O5. The van der Waals surface area contributed by atoms with Crippen LogP contribution in [0.25, 0.3) is 0 Å². The third-order valence-electron chi connectivity index (χ3n) is 4.04. The fraction of sp³-hybridized carbons (Fsp3) is 0.579. The van der Waals surface area contributed by atoms with Gasteiger partial charge in [0.05, 0.1) is 31.8 Å². The van der Waals surface area contributed by atoms with Crippen LogP contribution in [0.3, 0.4) is 0 Å². The molecule has 0 radical (unpaired) electrons. The van der Waals surface area contributed by atoms with Gasteiger partial charge in [0.15, 0.2) is 0 Å². The van der Waals surface area contributed by atoms with Gasteiger partial charge in [0.2, 0.25) is 5.91 Å². The number of hydrogen-bond acceptors (Lipinski definition) is 5. The first-order valence-corrected chi connectivity index (χ1v) is 8.89. The minimum absolute atomic E-state index is 0.0425. The molecule has 1 N–H and O–H groups in total. The molecule has 7 nitrogen and oxygen atoms in total. The zero-order chi connectivity index (χ0) is 19.1. The monoisotopic (exact) mass is 364 g/mol. The van der Waals surface area contributed by atoms with E-state index in [4.69, 9.17) is 14.6 Å². The van der Waals surface area contributed by atoms with Crippen LogP contribution in [0.4, 0.5) is 0 Å². The van der Waals surface area contributed by atoms with E-state index in [1.54, 1.807) is 16.8 Å². The number of rotatable bonds is 8. The number of likely N-dealkylation sites (N-methyl/N-ethyl adjacent to an activating group) is 1. The van der Waals surface area contributed by atoms with Crippen molar-refractivity contribution < 1.29 is 24.2 Å². The molecule has 1 aliphatic heterocycles. The molecular weight excluding hydrogens is 336 g/mol. The normalized spacial score (nSPS) is 17.6. The fourth-order valence-corrected chi connectivity index (χ4v) is 2.99. The lowest BCUT2D eigenvalue weighted by atomic mass is 10.1. The van der Waals surface area contributed by atoms with Crippen molar-refractivity contribution in [1.29, 1.82) is 0 Å². The lowest BCUT2D eigenvalue weighted by molar-refractivity contribution is -0.142. The highest BCUT2D eigenvalue weighted by atomic mass is 16.5. The van der Waals surface area contributed by atoms with E-state index in [9.17, 15) is 9.59 Å². The van der Waals surface area contributed by atoms with Gasteiger partial charge in [-0.05, 0) is 38.6 Å². The number of amides is 1. The van der Waals surface area contributed by atoms with Gasteiger partial charge in [0, 0.05) is 19.6 Å². The van der Waals surface area contributed by atoms with E-state index in [2.05, 4.69) is 0 Å². The molecule has 1 heterocycles. The Morgan fingerprint density at radius 3 is 2.88 bits per heavy atom. The zero-order valence-electron chi connectivity index (χ0n) is 15.7. The van der Waals surface area contributed by atoms with Crippen molar-refractivity contribution in [3.05, 3.63) is 29.8 Å². The Bertz CT molecular complexity index is 620. The average Bonchev–Trinajstić information content (AvgIpc) is 2.54. The molecule has 144 valence electrons. The van der Waals surface area contributed by atoms with Crippen LogP contribution in [0.2, 0.25) is 0 Å². The first-order chi connectivity index (χ1) is 12.3. The number of carbonyl (C=O) groups excluding carboxylic acids is 1. The Balaban J connectivity index is 1.89. The molecule has 0 bridgehead atoms. The summed E-state index contributed by atoms with van der Waals surface area (Å²) in [6.07, 6.45) is 0.226. The van der Waals surface area contributed by atoms with Gasteiger partial charge < -0.3 is 19.5 Å². The molecule has 1 saturated heterocycles. The maximum atomic E-state index is 12.6. The van der Waals surface area contributed by atoms with Gasteiger partial charge in [-0.1, -0.05) is 12.1 Å². The van der Waals surface area contributed by atoms with Crippen LogP contribution in [0.1, 0.15) is 19.4 Å². The van der Waals surface area contributed by atoms with Crippen molar-refractivity contribution in [2.75, 3.05) is 39.8 Å². The molecule has 0 spiro atoms. The van der Waals surface area contributed by atoms with E-state index in [1.807, 2.05) is 38.1 Å². The second-order valence-electron chi connectivity index (χ2n) is 6.91. The van der Waals surface area contributed by atoms with Crippen LogP contribution in [-0.2, 0) is 20.7 Å². The van der Waals surface area contributed by atoms with Crippen molar-refractivity contribution >= 4 is 11.9 Å². The van der Waals surface area contributed by atoms with Gasteiger partial charge in [-0.15, -0.1) is 0 Å². The first kappa shape index (κ1) is 20.2. The summed E-state index contributed by atoms with van der Waals surface area (Å²) >= 11 is 0. The van der Waals surface area contributed by atoms with Gasteiger partial charge in [0.25, 0.3) is 0 Å². The second-order valence-corrected chi connectivity index (χ2v) is 6.91. The molecule has 1 atom stereocenters. The summed E-state index contributed by atoms with van der Waals surface area (Å²) in [7, 11) is 1.73. The molecule has 0 aromatic heterocycles. The maximum absolute atomic E-state index is 12.6. The lowest BCUT2D eigenvalue weighted by Gasteiger charge is -2.34. The summed E-state index contributed by atoms with van der Waals surface area (Å²) in [5.74, 6) is -0.0684. The molecule has 7 heteroatoms. The summed E-state index contributed by atoms with van der Waals surface area (Å²) in [5, 5.41) is 8.84. The number of morpholine rings is 1. The summed E-state index contributed by atoms with van der Waals surface area (Å²) < 4.78 is 11.4. The van der Waals surface area contributed by atoms with Crippen molar-refractivity contribution in [1.82, 2.24) is 9.80 Å². The number of carboxylic acids is 1. The average molecular weight is 364 g/mol. The molecule has 2 rings (SSSR count). The number of benzene rings is 1. The molecule has 26 heavy (non-hydrogen) atoms. The van der Waals surface area contributed by atoms with Crippen LogP contribution in [0.15, 0.2) is 24.3 Å². The summed E-state index contributed by atoms with van der Waals surface area (Å²) in [6, 6.07) is 7.60. The molecule has 1 aromatic carbocycles. The zero-order valence-corrected chi connectivity index (χ0v) is 15.7. The van der Waals surface area contributed by atoms with Gasteiger partial charge in [-0.3, -0.25) is 14.5 Å². The van der Waals surface area contributed by atoms with Crippen molar-refractivity contribution in [2.24, 2.45) is 0 Å². The second kappa shape index (κ2) is 9.54. The van der Waals surface area contributed by atoms with Crippen molar-refractivity contribution in [3.63, 3.8) is 0 Å². The largest absolute Gasteiger partial charge is 0.491 e. The molecule has 1 aliphatic rings. The number of carbonyl (C=O) groups is 2. The molecule has 0 aliphatic carbocycles. The third-order valence-corrected chi connectivity index (χ3v) is 4.04. The van der Waals surface area contributed by atoms with E-state index in [0.29, 0.717) is 32.7 Å². The van der Waals surface area contributed by atoms with Crippen molar-refractivity contribution in [2.45, 2.75) is 32.5 Å². The molecule has 1 aromatic rings. The SMILES string of the molecule is CC(C)Oc1cccc(CC(=O)N2CCO[C@H](CN(C)CC(=O)O)C2)c1. The smallest absolute Gasteiger partial charge is 0.317 e. The number of nitrogens with zero attached hydrogens (tertiary/aromatic N) is 2. The minimum Gasteiger partial charge on any atom is -0.491 e. The van der Waals surface area contributed by atoms with E-state index in [0.717, 1.165) is 11.3 Å². The summed E-state index contributed by atoms with van der Waals surface area (Å²) in [5.41, 5.74) is 0.916.